The Morgan fingerprint density at radius 3 is 1.92 bits per heavy atom. The third-order valence-corrected chi connectivity index (χ3v) is 1.63. The summed E-state index contributed by atoms with van der Waals surface area (Å²) >= 11 is 0. The minimum absolute atomic E-state index is 0. The Bertz CT molecular complexity index is 259. The number of halogens is 4. The Kier molecular flexibility index (Phi) is 4.51. The predicted octanol–water partition coefficient (Wildman–Crippen LogP) is -1.18. The van der Waals surface area contributed by atoms with Crippen LogP contribution in [0.5, 0.6) is 5.75 Å². The van der Waals surface area contributed by atoms with E-state index in [0.717, 1.165) is 5.30 Å². The molecule has 0 saturated heterocycles. The number of rotatable bonds is 1. The van der Waals surface area contributed by atoms with E-state index >= 15 is 0 Å². The second-order valence-electron chi connectivity index (χ2n) is 2.19. The van der Waals surface area contributed by atoms with Gasteiger partial charge in [-0.3, -0.25) is 0 Å². The maximum Gasteiger partial charge on any atom is 0.573 e. The lowest BCUT2D eigenvalue weighted by atomic mass is 10.3. The van der Waals surface area contributed by atoms with Crippen LogP contribution in [0.15, 0.2) is 24.3 Å². The summed E-state index contributed by atoms with van der Waals surface area (Å²) in [6.45, 7) is 0. The molecule has 0 radical (unpaired) electrons. The normalized spacial score (nSPS) is 10.7. The van der Waals surface area contributed by atoms with E-state index in [1.165, 1.54) is 12.1 Å². The molecule has 0 N–H and O–H groups in total. The summed E-state index contributed by atoms with van der Waals surface area (Å²) < 4.78 is 38.5. The standard InChI is InChI=1S/C7H6F3OP.ClH/c8-7(9,10)11-5-1-3-6(12)4-2-5;/h1-4H,12H2;1H. The van der Waals surface area contributed by atoms with E-state index in [1.807, 2.05) is 0 Å². The summed E-state index contributed by atoms with van der Waals surface area (Å²) in [5.41, 5.74) is 0. The Balaban J connectivity index is 0.00000144. The topological polar surface area (TPSA) is 9.23 Å². The Labute approximate surface area is 81.9 Å². The molecule has 0 aliphatic carbocycles. The van der Waals surface area contributed by atoms with Crippen molar-refractivity contribution in [3.8, 4) is 5.75 Å². The second kappa shape index (κ2) is 4.68. The number of benzene rings is 1. The summed E-state index contributed by atoms with van der Waals surface area (Å²) in [6.07, 6.45) is -4.60. The van der Waals surface area contributed by atoms with Crippen LogP contribution in [0.3, 0.4) is 0 Å². The summed E-state index contributed by atoms with van der Waals surface area (Å²) in [7, 11) is 1.60. The van der Waals surface area contributed by atoms with Gasteiger partial charge in [-0.15, -0.1) is 13.2 Å². The molecule has 13 heavy (non-hydrogen) atoms. The van der Waals surface area contributed by atoms with Crippen molar-refractivity contribution in [1.29, 1.82) is 0 Å². The molecule has 74 valence electrons. The largest absolute Gasteiger partial charge is 1.00 e. The van der Waals surface area contributed by atoms with Gasteiger partial charge in [0, 0.05) is 9.24 Å². The Hall–Kier alpha value is -0.470. The molecule has 0 saturated carbocycles. The fourth-order valence-corrected chi connectivity index (χ4v) is 0.927. The highest BCUT2D eigenvalue weighted by Crippen LogP contribution is 2.21. The van der Waals surface area contributed by atoms with E-state index < -0.39 is 6.36 Å². The lowest BCUT2D eigenvalue weighted by Crippen LogP contribution is -3.00. The fourth-order valence-electron chi connectivity index (χ4n) is 0.691. The molecule has 0 amide bonds. The SMILES string of the molecule is FC(F)(F)Oc1ccc([PH3+])cc1.[Cl-]. The van der Waals surface area contributed by atoms with Crippen molar-refractivity contribution in [2.45, 2.75) is 6.36 Å². The molecule has 0 aliphatic rings. The smallest absolute Gasteiger partial charge is 0.573 e. The molecule has 1 aromatic carbocycles. The molecule has 0 fully saturated rings. The lowest BCUT2D eigenvalue weighted by Gasteiger charge is -2.07. The first-order chi connectivity index (χ1) is 5.47. The van der Waals surface area contributed by atoms with Crippen molar-refractivity contribution in [3.63, 3.8) is 0 Å². The van der Waals surface area contributed by atoms with Crippen molar-refractivity contribution >= 4 is 14.5 Å². The van der Waals surface area contributed by atoms with Crippen LogP contribution in [0.2, 0.25) is 0 Å². The maximum atomic E-state index is 11.6. The third kappa shape index (κ3) is 4.96. The third-order valence-electron chi connectivity index (χ3n) is 1.16. The molecule has 0 spiro atoms. The van der Waals surface area contributed by atoms with Crippen LogP contribution in [0.4, 0.5) is 13.2 Å². The van der Waals surface area contributed by atoms with E-state index in [1.54, 1.807) is 21.4 Å². The van der Waals surface area contributed by atoms with E-state index in [-0.39, 0.29) is 18.2 Å². The molecular weight excluding hydrogens is 223 g/mol. The average molecular weight is 231 g/mol. The minimum Gasteiger partial charge on any atom is -1.00 e. The van der Waals surface area contributed by atoms with Crippen molar-refractivity contribution in [2.75, 3.05) is 0 Å². The Morgan fingerprint density at radius 1 is 1.08 bits per heavy atom. The van der Waals surface area contributed by atoms with Gasteiger partial charge in [-0.2, -0.15) is 0 Å². The molecule has 0 bridgehead atoms. The first-order valence-corrected chi connectivity index (χ1v) is 3.86. The highest BCUT2D eigenvalue weighted by Gasteiger charge is 2.30. The first kappa shape index (κ1) is 12.5. The van der Waals surface area contributed by atoms with Crippen molar-refractivity contribution in [3.05, 3.63) is 24.3 Å². The van der Waals surface area contributed by atoms with Crippen LogP contribution in [-0.2, 0) is 0 Å². The monoisotopic (exact) mass is 230 g/mol. The highest BCUT2D eigenvalue weighted by atomic mass is 35.5. The summed E-state index contributed by atoms with van der Waals surface area (Å²) in [5, 5.41) is 0.921. The highest BCUT2D eigenvalue weighted by molar-refractivity contribution is 7.27. The first-order valence-electron chi connectivity index (χ1n) is 3.15. The zero-order valence-electron chi connectivity index (χ0n) is 6.44. The van der Waals surface area contributed by atoms with Gasteiger partial charge in [-0.25, -0.2) is 0 Å². The van der Waals surface area contributed by atoms with Gasteiger partial charge in [0.1, 0.15) is 5.75 Å². The summed E-state index contributed by atoms with van der Waals surface area (Å²) in [4.78, 5) is 0. The van der Waals surface area contributed by atoms with Gasteiger partial charge >= 0.3 is 6.36 Å². The summed E-state index contributed by atoms with van der Waals surface area (Å²) in [5.74, 6) is -0.182. The van der Waals surface area contributed by atoms with E-state index in [2.05, 4.69) is 4.74 Å². The minimum atomic E-state index is -4.60. The van der Waals surface area contributed by atoms with Crippen molar-refractivity contribution < 1.29 is 30.3 Å². The maximum absolute atomic E-state index is 11.6. The molecule has 0 heterocycles. The lowest BCUT2D eigenvalue weighted by molar-refractivity contribution is -0.274. The molecule has 0 aromatic heterocycles. The predicted molar refractivity (Wildman–Crippen MR) is 43.9 cm³/mol. The van der Waals surface area contributed by atoms with Gasteiger partial charge in [0.15, 0.2) is 0 Å². The zero-order valence-corrected chi connectivity index (χ0v) is 8.61. The summed E-state index contributed by atoms with van der Waals surface area (Å²) in [6, 6.07) is 5.71. The molecule has 1 nitrogen and oxygen atoms in total. The number of alkyl halides is 3. The number of hydrogen-bond donors (Lipinski definition) is 0. The van der Waals surface area contributed by atoms with Gasteiger partial charge in [0.05, 0.1) is 5.30 Å². The van der Waals surface area contributed by atoms with Gasteiger partial charge in [0.25, 0.3) is 0 Å². The van der Waals surface area contributed by atoms with Gasteiger partial charge in [-0.05, 0) is 24.3 Å². The van der Waals surface area contributed by atoms with Crippen LogP contribution in [-0.4, -0.2) is 6.36 Å². The van der Waals surface area contributed by atoms with Crippen LogP contribution in [0.25, 0.3) is 0 Å². The van der Waals surface area contributed by atoms with Gasteiger partial charge in [-0.1, -0.05) is 0 Å². The van der Waals surface area contributed by atoms with Gasteiger partial charge < -0.3 is 17.1 Å². The Morgan fingerprint density at radius 2 is 1.54 bits per heavy atom. The molecule has 1 unspecified atom stereocenters. The molecular formula is C7H7ClF3OP. The van der Waals surface area contributed by atoms with Crippen LogP contribution in [0.1, 0.15) is 0 Å². The number of hydrogen-bond acceptors (Lipinski definition) is 1. The van der Waals surface area contributed by atoms with E-state index in [9.17, 15) is 13.2 Å². The fraction of sp³-hybridized carbons (Fsp3) is 0.143. The molecule has 1 rings (SSSR count). The second-order valence-corrected chi connectivity index (χ2v) is 3.01. The van der Waals surface area contributed by atoms with Crippen LogP contribution < -0.4 is 22.4 Å². The van der Waals surface area contributed by atoms with Crippen LogP contribution in [0, 0.1) is 0 Å². The average Bonchev–Trinajstić information content (AvgIpc) is 1.91. The van der Waals surface area contributed by atoms with Crippen molar-refractivity contribution in [2.24, 2.45) is 0 Å². The molecule has 1 atom stereocenters. The number of ether oxygens (including phenoxy) is 1. The van der Waals surface area contributed by atoms with Crippen molar-refractivity contribution in [1.82, 2.24) is 0 Å². The van der Waals surface area contributed by atoms with E-state index in [4.69, 9.17) is 0 Å². The van der Waals surface area contributed by atoms with Crippen LogP contribution >= 0.6 is 9.24 Å². The molecule has 6 heteroatoms. The molecule has 1 aromatic rings. The molecule has 0 aliphatic heterocycles. The zero-order chi connectivity index (χ0) is 9.19. The van der Waals surface area contributed by atoms with Gasteiger partial charge in [0.2, 0.25) is 0 Å². The quantitative estimate of drug-likeness (QED) is 0.552. The van der Waals surface area contributed by atoms with E-state index in [0.29, 0.717) is 0 Å².